The van der Waals surface area contributed by atoms with Gasteiger partial charge in [0.25, 0.3) is 0 Å². The number of nitrogens with zero attached hydrogens (tertiary/aromatic N) is 2. The number of anilines is 1. The first-order valence-electron chi connectivity index (χ1n) is 11.7. The Morgan fingerprint density at radius 2 is 1.89 bits per heavy atom. The van der Waals surface area contributed by atoms with Gasteiger partial charge in [0.2, 0.25) is 11.8 Å². The molecular formula is C26H33ClN4O4. The molecule has 3 amide bonds. The van der Waals surface area contributed by atoms with Crippen molar-refractivity contribution in [1.29, 1.82) is 0 Å². The lowest BCUT2D eigenvalue weighted by molar-refractivity contribution is -0.126. The number of ether oxygens (including phenoxy) is 1. The van der Waals surface area contributed by atoms with Crippen molar-refractivity contribution < 1.29 is 19.1 Å². The van der Waals surface area contributed by atoms with Crippen LogP contribution in [0.2, 0.25) is 5.02 Å². The lowest BCUT2D eigenvalue weighted by Gasteiger charge is -2.25. The smallest absolute Gasteiger partial charge is 0.411 e. The van der Waals surface area contributed by atoms with Crippen LogP contribution in [0.25, 0.3) is 0 Å². The average Bonchev–Trinajstić information content (AvgIpc) is 3.09. The molecule has 2 aromatic rings. The van der Waals surface area contributed by atoms with Gasteiger partial charge in [0.15, 0.2) is 12.1 Å². The van der Waals surface area contributed by atoms with Crippen LogP contribution in [0.15, 0.2) is 48.5 Å². The number of amides is 3. The number of hydrogen-bond donors (Lipinski definition) is 2. The third kappa shape index (κ3) is 7.44. The highest BCUT2D eigenvalue weighted by molar-refractivity contribution is 6.30. The van der Waals surface area contributed by atoms with E-state index >= 15 is 0 Å². The van der Waals surface area contributed by atoms with E-state index in [1.54, 1.807) is 42.5 Å². The fraction of sp³-hybridized carbons (Fsp3) is 0.423. The first-order chi connectivity index (χ1) is 16.6. The number of likely N-dealkylation sites (N-methyl/N-ethyl adjacent to an activating group) is 1. The van der Waals surface area contributed by atoms with Crippen LogP contribution in [-0.4, -0.2) is 60.9 Å². The summed E-state index contributed by atoms with van der Waals surface area (Å²) in [6.45, 7) is 5.21. The first-order valence-corrected chi connectivity index (χ1v) is 12.1. The Morgan fingerprint density at radius 3 is 2.57 bits per heavy atom. The molecule has 0 bridgehead atoms. The lowest BCUT2D eigenvalue weighted by atomic mass is 10.00. The summed E-state index contributed by atoms with van der Waals surface area (Å²) in [5, 5.41) is 6.35. The van der Waals surface area contributed by atoms with Crippen molar-refractivity contribution in [2.45, 2.75) is 39.0 Å². The fourth-order valence-corrected chi connectivity index (χ4v) is 4.14. The molecule has 2 atom stereocenters. The summed E-state index contributed by atoms with van der Waals surface area (Å²) < 4.78 is 5.72. The van der Waals surface area contributed by atoms with E-state index in [0.29, 0.717) is 35.8 Å². The maximum Gasteiger partial charge on any atom is 0.411 e. The predicted octanol–water partition coefficient (Wildman–Crippen LogP) is 4.06. The minimum atomic E-state index is -0.884. The van der Waals surface area contributed by atoms with Crippen LogP contribution in [0.5, 0.6) is 0 Å². The van der Waals surface area contributed by atoms with Gasteiger partial charge < -0.3 is 20.3 Å². The van der Waals surface area contributed by atoms with E-state index in [-0.39, 0.29) is 24.3 Å². The second-order valence-electron chi connectivity index (χ2n) is 9.37. The molecule has 188 valence electrons. The van der Waals surface area contributed by atoms with E-state index in [2.05, 4.69) is 10.6 Å². The molecule has 1 fully saturated rings. The highest BCUT2D eigenvalue weighted by atomic mass is 35.5. The fourth-order valence-electron chi connectivity index (χ4n) is 3.93. The molecule has 0 aliphatic carbocycles. The highest BCUT2D eigenvalue weighted by Crippen LogP contribution is 2.35. The van der Waals surface area contributed by atoms with Gasteiger partial charge in [-0.25, -0.2) is 4.79 Å². The molecule has 8 nitrogen and oxygen atoms in total. The molecule has 2 aromatic carbocycles. The number of halogens is 1. The van der Waals surface area contributed by atoms with E-state index in [9.17, 15) is 14.4 Å². The number of hydrogen-bond acceptors (Lipinski definition) is 5. The molecule has 2 unspecified atom stereocenters. The maximum absolute atomic E-state index is 13.3. The molecule has 0 aromatic heterocycles. The number of rotatable bonds is 10. The molecule has 9 heteroatoms. The molecule has 3 rings (SSSR count). The molecule has 2 N–H and O–H groups in total. The normalized spacial score (nSPS) is 17.6. The van der Waals surface area contributed by atoms with Crippen LogP contribution < -0.4 is 10.6 Å². The van der Waals surface area contributed by atoms with Gasteiger partial charge in [0.1, 0.15) is 0 Å². The van der Waals surface area contributed by atoms with E-state index in [1.807, 2.05) is 38.9 Å². The Labute approximate surface area is 211 Å². The quantitative estimate of drug-likeness (QED) is 0.513. The summed E-state index contributed by atoms with van der Waals surface area (Å²) in [5.74, 6) is -0.177. The van der Waals surface area contributed by atoms with Gasteiger partial charge in [-0.1, -0.05) is 49.7 Å². The standard InChI is InChI=1S/C26H33ClN4O4/c1-17(2)13-22(32)29-21-10-6-8-19(15-21)24-23(25(33)28-11-12-30(3)4)31(26(34)35-24)16-18-7-5-9-20(27)14-18/h5-10,14-15,17,23-24H,11-13,16H2,1-4H3,(H,28,33)(H,29,32). The highest BCUT2D eigenvalue weighted by Gasteiger charge is 2.47. The van der Waals surface area contributed by atoms with Crippen LogP contribution in [0.1, 0.15) is 37.5 Å². The van der Waals surface area contributed by atoms with E-state index in [1.165, 1.54) is 4.90 Å². The van der Waals surface area contributed by atoms with Crippen molar-refractivity contribution in [3.05, 3.63) is 64.7 Å². The summed E-state index contributed by atoms with van der Waals surface area (Å²) in [6.07, 6.45) is -1.02. The number of cyclic esters (lactones) is 1. The molecule has 0 radical (unpaired) electrons. The van der Waals surface area contributed by atoms with Gasteiger partial charge in [-0.05, 0) is 55.4 Å². The summed E-state index contributed by atoms with van der Waals surface area (Å²) in [7, 11) is 3.84. The van der Waals surface area contributed by atoms with Gasteiger partial charge in [0.05, 0.1) is 6.54 Å². The van der Waals surface area contributed by atoms with Crippen LogP contribution in [0.3, 0.4) is 0 Å². The zero-order valence-electron chi connectivity index (χ0n) is 20.6. The number of carbonyl (C=O) groups excluding carboxylic acids is 3. The summed E-state index contributed by atoms with van der Waals surface area (Å²) in [5.41, 5.74) is 2.00. The van der Waals surface area contributed by atoms with Crippen molar-refractivity contribution in [3.63, 3.8) is 0 Å². The third-order valence-corrected chi connectivity index (χ3v) is 5.78. The molecule has 1 aliphatic rings. The number of nitrogens with one attached hydrogen (secondary N) is 2. The molecular weight excluding hydrogens is 468 g/mol. The van der Waals surface area contributed by atoms with Gasteiger partial charge in [-0.15, -0.1) is 0 Å². The van der Waals surface area contributed by atoms with Gasteiger partial charge in [-0.3, -0.25) is 14.5 Å². The first kappa shape index (κ1) is 26.5. The Kier molecular flexibility index (Phi) is 9.12. The minimum absolute atomic E-state index is 0.0962. The van der Waals surface area contributed by atoms with Crippen LogP contribution in [0.4, 0.5) is 10.5 Å². The van der Waals surface area contributed by atoms with Crippen LogP contribution in [-0.2, 0) is 20.9 Å². The van der Waals surface area contributed by atoms with Crippen molar-refractivity contribution >= 4 is 35.2 Å². The van der Waals surface area contributed by atoms with E-state index in [4.69, 9.17) is 16.3 Å². The van der Waals surface area contributed by atoms with Crippen molar-refractivity contribution in [3.8, 4) is 0 Å². The lowest BCUT2D eigenvalue weighted by Crippen LogP contribution is -2.47. The molecule has 1 heterocycles. The summed E-state index contributed by atoms with van der Waals surface area (Å²) in [4.78, 5) is 41.9. The van der Waals surface area contributed by atoms with Crippen molar-refractivity contribution in [1.82, 2.24) is 15.1 Å². The van der Waals surface area contributed by atoms with E-state index < -0.39 is 18.2 Å². The molecule has 1 aliphatic heterocycles. The van der Waals surface area contributed by atoms with Gasteiger partial charge in [0, 0.05) is 30.2 Å². The zero-order chi connectivity index (χ0) is 25.5. The summed E-state index contributed by atoms with van der Waals surface area (Å²) >= 11 is 6.13. The zero-order valence-corrected chi connectivity index (χ0v) is 21.3. The molecule has 0 saturated carbocycles. The second-order valence-corrected chi connectivity index (χ2v) is 9.81. The second kappa shape index (κ2) is 12.0. The Hall–Kier alpha value is -3.10. The third-order valence-electron chi connectivity index (χ3n) is 5.55. The largest absolute Gasteiger partial charge is 0.438 e. The van der Waals surface area contributed by atoms with Crippen molar-refractivity contribution in [2.75, 3.05) is 32.5 Å². The minimum Gasteiger partial charge on any atom is -0.438 e. The molecule has 1 saturated heterocycles. The van der Waals surface area contributed by atoms with Gasteiger partial charge in [-0.2, -0.15) is 0 Å². The average molecular weight is 501 g/mol. The monoisotopic (exact) mass is 500 g/mol. The molecule has 35 heavy (non-hydrogen) atoms. The van der Waals surface area contributed by atoms with E-state index in [0.717, 1.165) is 5.56 Å². The van der Waals surface area contributed by atoms with Crippen LogP contribution in [0, 0.1) is 5.92 Å². The number of carbonyl (C=O) groups is 3. The van der Waals surface area contributed by atoms with Crippen molar-refractivity contribution in [2.24, 2.45) is 5.92 Å². The van der Waals surface area contributed by atoms with Crippen LogP contribution >= 0.6 is 11.6 Å². The number of benzene rings is 2. The predicted molar refractivity (Wildman–Crippen MR) is 136 cm³/mol. The van der Waals surface area contributed by atoms with Gasteiger partial charge >= 0.3 is 6.09 Å². The Morgan fingerprint density at radius 1 is 1.14 bits per heavy atom. The topological polar surface area (TPSA) is 91.0 Å². The SMILES string of the molecule is CC(C)CC(=O)Nc1cccc(C2OC(=O)N(Cc3cccc(Cl)c3)C2C(=O)NCCN(C)C)c1. The Balaban J connectivity index is 1.87. The molecule has 0 spiro atoms. The maximum atomic E-state index is 13.3. The summed E-state index contributed by atoms with van der Waals surface area (Å²) in [6, 6.07) is 13.4. The Bertz CT molecular complexity index is 1060.